The Morgan fingerprint density at radius 3 is 1.82 bits per heavy atom. The molecule has 3 aromatic rings. The van der Waals surface area contributed by atoms with Gasteiger partial charge in [0.1, 0.15) is 0 Å². The van der Waals surface area contributed by atoms with Gasteiger partial charge in [-0.3, -0.25) is 4.79 Å². The molecular formula is C29H29NO9. The number of esters is 1. The van der Waals surface area contributed by atoms with Gasteiger partial charge in [-0.05, 0) is 37.1 Å². The van der Waals surface area contributed by atoms with Crippen molar-refractivity contribution in [2.75, 3.05) is 6.54 Å². The molecule has 10 heteroatoms. The number of carboxylic acids is 2. The highest BCUT2D eigenvalue weighted by atomic mass is 16.6. The van der Waals surface area contributed by atoms with E-state index in [1.54, 1.807) is 12.1 Å². The number of hydrogen-bond acceptors (Lipinski definition) is 8. The molecule has 0 aromatic heterocycles. The van der Waals surface area contributed by atoms with E-state index in [1.807, 2.05) is 18.2 Å². The van der Waals surface area contributed by atoms with Crippen molar-refractivity contribution >= 4 is 23.7 Å². The lowest BCUT2D eigenvalue weighted by Gasteiger charge is -2.30. The third-order valence-electron chi connectivity index (χ3n) is 6.16. The maximum atomic E-state index is 12.7. The minimum atomic E-state index is -3.35. The van der Waals surface area contributed by atoms with Crippen LogP contribution in [0.4, 0.5) is 0 Å². The zero-order chi connectivity index (χ0) is 28.4. The Balaban J connectivity index is 0.000000268. The van der Waals surface area contributed by atoms with Crippen LogP contribution in [0.2, 0.25) is 0 Å². The number of carbonyl (C=O) groups is 4. The number of rotatable bonds is 8. The van der Waals surface area contributed by atoms with E-state index in [0.29, 0.717) is 0 Å². The summed E-state index contributed by atoms with van der Waals surface area (Å²) >= 11 is 0. The second-order valence-electron chi connectivity index (χ2n) is 8.78. The average molecular weight is 536 g/mol. The first-order valence-electron chi connectivity index (χ1n) is 12.2. The van der Waals surface area contributed by atoms with Crippen molar-refractivity contribution in [2.45, 2.75) is 36.7 Å². The molecule has 4 atom stereocenters. The van der Waals surface area contributed by atoms with Gasteiger partial charge in [0, 0.05) is 5.56 Å². The molecule has 1 fully saturated rings. The van der Waals surface area contributed by atoms with Crippen LogP contribution in [0.1, 0.15) is 45.2 Å². The van der Waals surface area contributed by atoms with Gasteiger partial charge >= 0.3 is 23.5 Å². The molecule has 1 aliphatic rings. The average Bonchev–Trinajstić information content (AvgIpc) is 2.97. The Morgan fingerprint density at radius 2 is 1.33 bits per heavy atom. The molecule has 4 rings (SSSR count). The third-order valence-corrected chi connectivity index (χ3v) is 6.16. The van der Waals surface area contributed by atoms with Crippen LogP contribution >= 0.6 is 0 Å². The third kappa shape index (κ3) is 6.94. The molecule has 0 radical (unpaired) electrons. The molecule has 0 bridgehead atoms. The number of carboxylic acid groups (broad SMARTS) is 2. The van der Waals surface area contributed by atoms with Crippen LogP contribution in [0.15, 0.2) is 91.0 Å². The van der Waals surface area contributed by atoms with E-state index >= 15 is 0 Å². The minimum absolute atomic E-state index is 0.114. The quantitative estimate of drug-likeness (QED) is 0.164. The van der Waals surface area contributed by atoms with Crippen LogP contribution in [0.5, 0.6) is 0 Å². The number of hydrogen-bond donors (Lipinski definition) is 5. The summed E-state index contributed by atoms with van der Waals surface area (Å²) in [7, 11) is 0. The summed E-state index contributed by atoms with van der Waals surface area (Å²) in [6.45, 7) is 1.01. The van der Waals surface area contributed by atoms with Crippen molar-refractivity contribution in [1.82, 2.24) is 5.32 Å². The smallest absolute Gasteiger partial charge is 0.360 e. The molecule has 0 saturated carbocycles. The van der Waals surface area contributed by atoms with Gasteiger partial charge in [0.25, 0.3) is 0 Å². The Labute approximate surface area is 224 Å². The fourth-order valence-electron chi connectivity index (χ4n) is 4.11. The second-order valence-corrected chi connectivity index (χ2v) is 8.78. The normalized spacial score (nSPS) is 18.8. The summed E-state index contributed by atoms with van der Waals surface area (Å²) in [5, 5.41) is 41.7. The molecule has 1 saturated heterocycles. The minimum Gasteiger partial charge on any atom is -0.479 e. The van der Waals surface area contributed by atoms with Crippen molar-refractivity contribution in [3.63, 3.8) is 0 Å². The molecule has 0 amide bonds. The van der Waals surface area contributed by atoms with Gasteiger partial charge < -0.3 is 30.5 Å². The molecule has 0 spiro atoms. The maximum Gasteiger partial charge on any atom is 0.360 e. The number of aliphatic hydroxyl groups is 2. The van der Waals surface area contributed by atoms with Crippen LogP contribution in [0.3, 0.4) is 0 Å². The summed E-state index contributed by atoms with van der Waals surface area (Å²) in [5.74, 6) is -6.77. The second kappa shape index (κ2) is 13.4. The van der Waals surface area contributed by atoms with Crippen molar-refractivity contribution in [3.05, 3.63) is 108 Å². The first-order valence-corrected chi connectivity index (χ1v) is 12.2. The van der Waals surface area contributed by atoms with E-state index < -0.39 is 35.4 Å². The number of nitrogens with one attached hydrogen (secondary N) is 1. The zero-order valence-electron chi connectivity index (χ0n) is 20.8. The van der Waals surface area contributed by atoms with Gasteiger partial charge in [-0.25, -0.2) is 14.4 Å². The number of ketones is 1. The largest absolute Gasteiger partial charge is 0.479 e. The monoisotopic (exact) mass is 535 g/mol. The van der Waals surface area contributed by atoms with Crippen molar-refractivity contribution in [2.24, 2.45) is 0 Å². The van der Waals surface area contributed by atoms with Crippen molar-refractivity contribution in [3.8, 4) is 0 Å². The number of aliphatic carboxylic acids is 2. The number of benzene rings is 3. The Morgan fingerprint density at radius 1 is 0.821 bits per heavy atom. The highest BCUT2D eigenvalue weighted by molar-refractivity contribution is 6.19. The van der Waals surface area contributed by atoms with Crippen LogP contribution in [-0.2, 0) is 14.3 Å². The van der Waals surface area contributed by atoms with E-state index in [1.165, 1.54) is 54.1 Å². The molecule has 1 heterocycles. The Bertz CT molecular complexity index is 1270. The highest BCUT2D eigenvalue weighted by Gasteiger charge is 2.59. The maximum absolute atomic E-state index is 12.7. The molecular weight excluding hydrogens is 506 g/mol. The molecule has 10 nitrogen and oxygen atoms in total. The number of aliphatic hydroxyl groups excluding tert-OH is 2. The summed E-state index contributed by atoms with van der Waals surface area (Å²) in [4.78, 5) is 48.1. The van der Waals surface area contributed by atoms with Crippen LogP contribution in [-0.4, -0.2) is 68.5 Å². The van der Waals surface area contributed by atoms with Crippen LogP contribution in [0.25, 0.3) is 0 Å². The predicted octanol–water partition coefficient (Wildman–Crippen LogP) is 2.47. The SMILES string of the molecule is O=C(OC(C(=O)O)(C(=O)c1ccccc1)C(O)C(=O)O)c1ccccc1.O[C@@H]1CCCN[C@@H]1c1ccccc1. The van der Waals surface area contributed by atoms with Gasteiger partial charge in [0.15, 0.2) is 0 Å². The van der Waals surface area contributed by atoms with E-state index in [2.05, 4.69) is 17.4 Å². The fourth-order valence-corrected chi connectivity index (χ4v) is 4.11. The Hall–Kier alpha value is -4.38. The fraction of sp³-hybridized carbons (Fsp3) is 0.241. The molecule has 204 valence electrons. The number of carbonyl (C=O) groups excluding carboxylic acids is 2. The van der Waals surface area contributed by atoms with Gasteiger partial charge in [-0.1, -0.05) is 78.9 Å². The number of piperidine rings is 1. The van der Waals surface area contributed by atoms with E-state index in [9.17, 15) is 34.5 Å². The van der Waals surface area contributed by atoms with Crippen LogP contribution < -0.4 is 5.32 Å². The standard InChI is InChI=1S/C18H14O8.C11H15NO/c19-13(11-7-3-1-4-8-11)18(17(24)25,14(20)15(21)22)26-16(23)12-9-5-2-6-10-12;13-10-7-4-8-12-11(10)9-5-2-1-3-6-9/h1-10,14,20H,(H,21,22)(H,24,25);1-3,5-6,10-13H,4,7-8H2/t;10-,11-/m.1/s1. The number of ether oxygens (including phenoxy) is 1. The zero-order valence-corrected chi connectivity index (χ0v) is 20.8. The number of Topliss-reactive ketones (excluding diaryl/α,β-unsaturated/α-hetero) is 1. The first-order chi connectivity index (χ1) is 18.7. The summed E-state index contributed by atoms with van der Waals surface area (Å²) in [6, 6.07) is 24.2. The molecule has 39 heavy (non-hydrogen) atoms. The summed E-state index contributed by atoms with van der Waals surface area (Å²) < 4.78 is 4.81. The van der Waals surface area contributed by atoms with E-state index in [4.69, 9.17) is 9.84 Å². The lowest BCUT2D eigenvalue weighted by molar-refractivity contribution is -0.176. The van der Waals surface area contributed by atoms with Crippen molar-refractivity contribution in [1.29, 1.82) is 0 Å². The topological polar surface area (TPSA) is 170 Å². The van der Waals surface area contributed by atoms with E-state index in [-0.39, 0.29) is 23.3 Å². The summed E-state index contributed by atoms with van der Waals surface area (Å²) in [5.41, 5.74) is -2.51. The lowest BCUT2D eigenvalue weighted by Crippen LogP contribution is -2.61. The Kier molecular flexibility index (Phi) is 10.0. The van der Waals surface area contributed by atoms with Gasteiger partial charge in [-0.2, -0.15) is 0 Å². The lowest BCUT2D eigenvalue weighted by atomic mass is 9.87. The molecule has 3 aromatic carbocycles. The van der Waals surface area contributed by atoms with Gasteiger partial charge in [0.2, 0.25) is 11.9 Å². The highest BCUT2D eigenvalue weighted by Crippen LogP contribution is 2.26. The first kappa shape index (κ1) is 29.2. The summed E-state index contributed by atoms with van der Waals surface area (Å²) in [6.07, 6.45) is -1.06. The van der Waals surface area contributed by atoms with Crippen molar-refractivity contribution < 1.29 is 44.3 Å². The molecule has 0 aliphatic carbocycles. The van der Waals surface area contributed by atoms with Gasteiger partial charge in [-0.15, -0.1) is 0 Å². The van der Waals surface area contributed by atoms with Gasteiger partial charge in [0.05, 0.1) is 17.7 Å². The molecule has 5 N–H and O–H groups in total. The van der Waals surface area contributed by atoms with Crippen LogP contribution in [0, 0.1) is 0 Å². The molecule has 1 aliphatic heterocycles. The predicted molar refractivity (Wildman–Crippen MR) is 139 cm³/mol. The van der Waals surface area contributed by atoms with E-state index in [0.717, 1.165) is 19.4 Å². The molecule has 2 unspecified atom stereocenters.